The zero-order valence-electron chi connectivity index (χ0n) is 16.7. The number of halogens is 1. The van der Waals surface area contributed by atoms with E-state index in [-0.39, 0.29) is 11.8 Å². The summed E-state index contributed by atoms with van der Waals surface area (Å²) in [7, 11) is 3.20. The topological polar surface area (TPSA) is 63.2 Å². The minimum absolute atomic E-state index is 0.0134. The van der Waals surface area contributed by atoms with Crippen LogP contribution in [0.3, 0.4) is 0 Å². The molecule has 2 aromatic rings. The molecular formula is C22H26BrN3O3. The predicted octanol–water partition coefficient (Wildman–Crippen LogP) is 3.83. The molecule has 3 rings (SSSR count). The van der Waals surface area contributed by atoms with E-state index in [2.05, 4.69) is 55.6 Å². The van der Waals surface area contributed by atoms with Crippen LogP contribution in [0.25, 0.3) is 0 Å². The summed E-state index contributed by atoms with van der Waals surface area (Å²) < 4.78 is 11.6. The molecule has 0 radical (unpaired) electrons. The van der Waals surface area contributed by atoms with Crippen LogP contribution in [0.4, 0.5) is 0 Å². The van der Waals surface area contributed by atoms with Crippen LogP contribution in [0, 0.1) is 5.92 Å². The summed E-state index contributed by atoms with van der Waals surface area (Å²) in [6, 6.07) is 13.8. The van der Waals surface area contributed by atoms with E-state index in [4.69, 9.17) is 9.47 Å². The smallest absolute Gasteiger partial charge is 0.243 e. The van der Waals surface area contributed by atoms with Crippen molar-refractivity contribution in [2.75, 3.05) is 27.3 Å². The number of likely N-dealkylation sites (tertiary alicyclic amines) is 1. The van der Waals surface area contributed by atoms with Crippen molar-refractivity contribution in [3.05, 3.63) is 58.1 Å². The van der Waals surface area contributed by atoms with E-state index in [1.807, 2.05) is 18.2 Å². The van der Waals surface area contributed by atoms with Crippen molar-refractivity contribution in [1.82, 2.24) is 10.3 Å². The molecule has 1 heterocycles. The monoisotopic (exact) mass is 459 g/mol. The molecule has 6 nitrogen and oxygen atoms in total. The second kappa shape index (κ2) is 10.4. The lowest BCUT2D eigenvalue weighted by Gasteiger charge is -2.30. The van der Waals surface area contributed by atoms with Gasteiger partial charge in [0.25, 0.3) is 0 Å². The Morgan fingerprint density at radius 3 is 2.55 bits per heavy atom. The number of amides is 1. The average molecular weight is 460 g/mol. The van der Waals surface area contributed by atoms with Crippen LogP contribution in [0.5, 0.6) is 11.5 Å². The van der Waals surface area contributed by atoms with E-state index in [1.54, 1.807) is 20.4 Å². The number of hydrogen-bond donors (Lipinski definition) is 1. The lowest BCUT2D eigenvalue weighted by molar-refractivity contribution is -0.126. The molecule has 0 bridgehead atoms. The summed E-state index contributed by atoms with van der Waals surface area (Å²) in [5, 5.41) is 4.12. The molecule has 2 aromatic carbocycles. The van der Waals surface area contributed by atoms with Crippen LogP contribution in [-0.2, 0) is 11.3 Å². The van der Waals surface area contributed by atoms with Gasteiger partial charge < -0.3 is 9.47 Å². The molecule has 1 saturated heterocycles. The van der Waals surface area contributed by atoms with E-state index in [0.29, 0.717) is 11.5 Å². The lowest BCUT2D eigenvalue weighted by Crippen LogP contribution is -2.39. The van der Waals surface area contributed by atoms with Gasteiger partial charge in [0.2, 0.25) is 5.91 Å². The van der Waals surface area contributed by atoms with E-state index in [1.165, 1.54) is 5.56 Å². The molecule has 0 unspecified atom stereocenters. The minimum Gasteiger partial charge on any atom is -0.497 e. The number of carbonyl (C=O) groups is 1. The second-order valence-electron chi connectivity index (χ2n) is 7.02. The second-order valence-corrected chi connectivity index (χ2v) is 7.93. The number of benzene rings is 2. The Balaban J connectivity index is 1.48. The van der Waals surface area contributed by atoms with Gasteiger partial charge in [-0.25, -0.2) is 5.43 Å². The van der Waals surface area contributed by atoms with Crippen molar-refractivity contribution >= 4 is 28.1 Å². The molecule has 0 aromatic heterocycles. The third-order valence-corrected chi connectivity index (χ3v) is 5.62. The van der Waals surface area contributed by atoms with Crippen LogP contribution >= 0.6 is 15.9 Å². The van der Waals surface area contributed by atoms with Gasteiger partial charge in [-0.15, -0.1) is 0 Å². The first kappa shape index (κ1) is 21.3. The quantitative estimate of drug-likeness (QED) is 0.504. The Morgan fingerprint density at radius 2 is 1.90 bits per heavy atom. The van der Waals surface area contributed by atoms with Crippen LogP contribution < -0.4 is 14.9 Å². The van der Waals surface area contributed by atoms with Gasteiger partial charge in [0.1, 0.15) is 11.5 Å². The fourth-order valence-corrected chi connectivity index (χ4v) is 3.66. The number of hydrogen-bond acceptors (Lipinski definition) is 5. The molecule has 0 aliphatic carbocycles. The van der Waals surface area contributed by atoms with Gasteiger partial charge >= 0.3 is 0 Å². The van der Waals surface area contributed by atoms with Crippen molar-refractivity contribution in [2.45, 2.75) is 19.4 Å². The van der Waals surface area contributed by atoms with Gasteiger partial charge in [-0.1, -0.05) is 28.1 Å². The maximum atomic E-state index is 12.5. The lowest BCUT2D eigenvalue weighted by atomic mass is 9.96. The maximum absolute atomic E-state index is 12.5. The number of nitrogens with one attached hydrogen (secondary N) is 1. The summed E-state index contributed by atoms with van der Waals surface area (Å²) in [5.74, 6) is 1.33. The number of piperidine rings is 1. The first-order valence-electron chi connectivity index (χ1n) is 9.61. The van der Waals surface area contributed by atoms with Crippen molar-refractivity contribution in [3.63, 3.8) is 0 Å². The summed E-state index contributed by atoms with van der Waals surface area (Å²) in [6.45, 7) is 2.72. The largest absolute Gasteiger partial charge is 0.497 e. The first-order valence-corrected chi connectivity index (χ1v) is 10.4. The molecule has 0 spiro atoms. The van der Waals surface area contributed by atoms with Crippen LogP contribution in [-0.4, -0.2) is 44.3 Å². The van der Waals surface area contributed by atoms with Gasteiger partial charge in [-0.3, -0.25) is 9.69 Å². The number of hydrazone groups is 1. The van der Waals surface area contributed by atoms with Crippen LogP contribution in [0.2, 0.25) is 0 Å². The third-order valence-electron chi connectivity index (χ3n) is 5.09. The third kappa shape index (κ3) is 6.05. The van der Waals surface area contributed by atoms with Gasteiger partial charge in [0.05, 0.1) is 20.4 Å². The van der Waals surface area contributed by atoms with E-state index >= 15 is 0 Å². The number of ether oxygens (including phenoxy) is 2. The highest BCUT2D eigenvalue weighted by Gasteiger charge is 2.24. The molecule has 1 N–H and O–H groups in total. The van der Waals surface area contributed by atoms with Gasteiger partial charge in [-0.2, -0.15) is 5.10 Å². The summed E-state index contributed by atoms with van der Waals surface area (Å²) in [4.78, 5) is 14.9. The zero-order chi connectivity index (χ0) is 20.6. The first-order chi connectivity index (χ1) is 14.1. The van der Waals surface area contributed by atoms with Crippen molar-refractivity contribution in [3.8, 4) is 11.5 Å². The van der Waals surface area contributed by atoms with E-state index in [9.17, 15) is 4.79 Å². The zero-order valence-corrected chi connectivity index (χ0v) is 18.3. The van der Waals surface area contributed by atoms with Gasteiger partial charge in [0, 0.05) is 22.5 Å². The Kier molecular flexibility index (Phi) is 7.66. The highest BCUT2D eigenvalue weighted by atomic mass is 79.9. The highest BCUT2D eigenvalue weighted by molar-refractivity contribution is 9.10. The fraction of sp³-hybridized carbons (Fsp3) is 0.364. The predicted molar refractivity (Wildman–Crippen MR) is 117 cm³/mol. The Morgan fingerprint density at radius 1 is 1.17 bits per heavy atom. The molecule has 1 amide bonds. The molecule has 1 fully saturated rings. The molecule has 0 saturated carbocycles. The SMILES string of the molecule is COc1ccc(OC)c(/C=N\NC(=O)C2CCN(Cc3ccc(Br)cc3)CC2)c1. The highest BCUT2D eigenvalue weighted by Crippen LogP contribution is 2.23. The fourth-order valence-electron chi connectivity index (χ4n) is 3.40. The van der Waals surface area contributed by atoms with E-state index < -0.39 is 0 Å². The molecule has 29 heavy (non-hydrogen) atoms. The van der Waals surface area contributed by atoms with Crippen LogP contribution in [0.1, 0.15) is 24.0 Å². The van der Waals surface area contributed by atoms with Crippen molar-refractivity contribution in [1.29, 1.82) is 0 Å². The number of rotatable bonds is 7. The van der Waals surface area contributed by atoms with Crippen molar-refractivity contribution in [2.24, 2.45) is 11.0 Å². The molecule has 154 valence electrons. The summed E-state index contributed by atoms with van der Waals surface area (Å²) in [6.07, 6.45) is 3.25. The van der Waals surface area contributed by atoms with Crippen LogP contribution in [0.15, 0.2) is 52.0 Å². The van der Waals surface area contributed by atoms with E-state index in [0.717, 1.165) is 42.5 Å². The average Bonchev–Trinajstić information content (AvgIpc) is 2.75. The van der Waals surface area contributed by atoms with Gasteiger partial charge in [-0.05, 0) is 61.8 Å². The number of methoxy groups -OCH3 is 2. The molecule has 0 atom stereocenters. The Hall–Kier alpha value is -2.38. The Labute approximate surface area is 180 Å². The number of carbonyl (C=O) groups excluding carboxylic acids is 1. The molecule has 1 aliphatic heterocycles. The number of nitrogens with zero attached hydrogens (tertiary/aromatic N) is 2. The Bertz CT molecular complexity index is 847. The summed E-state index contributed by atoms with van der Waals surface area (Å²) in [5.41, 5.74) is 4.70. The molecule has 7 heteroatoms. The normalized spacial score (nSPS) is 15.4. The summed E-state index contributed by atoms with van der Waals surface area (Å²) >= 11 is 3.46. The maximum Gasteiger partial charge on any atom is 0.243 e. The molecule has 1 aliphatic rings. The van der Waals surface area contributed by atoms with Gasteiger partial charge in [0.15, 0.2) is 0 Å². The standard InChI is InChI=1S/C22H26BrN3O3/c1-28-20-7-8-21(29-2)18(13-20)14-24-25-22(27)17-9-11-26(12-10-17)15-16-3-5-19(23)6-4-16/h3-8,13-14,17H,9-12,15H2,1-2H3,(H,25,27)/b24-14-. The molecular weight excluding hydrogens is 434 g/mol. The minimum atomic E-state index is -0.0357. The van der Waals surface area contributed by atoms with Crippen molar-refractivity contribution < 1.29 is 14.3 Å².